The molecule has 0 saturated heterocycles. The predicted molar refractivity (Wildman–Crippen MR) is 64.3 cm³/mol. The van der Waals surface area contributed by atoms with E-state index in [1.54, 1.807) is 12.3 Å². The van der Waals surface area contributed by atoms with Crippen LogP contribution in [0.5, 0.6) is 5.75 Å². The fourth-order valence-corrected chi connectivity index (χ4v) is 1.47. The quantitative estimate of drug-likeness (QED) is 0.812. The molecule has 88 valence electrons. The lowest BCUT2D eigenvalue weighted by molar-refractivity contribution is 0.0820. The summed E-state index contributed by atoms with van der Waals surface area (Å²) in [6.45, 7) is 3.81. The topological polar surface area (TPSA) is 44.1 Å². The van der Waals surface area contributed by atoms with Gasteiger partial charge in [0.05, 0.1) is 5.69 Å². The Hall–Kier alpha value is -2.10. The highest BCUT2D eigenvalue weighted by atomic mass is 16.5. The minimum Gasteiger partial charge on any atom is -0.484 e. The molecule has 0 amide bonds. The van der Waals surface area contributed by atoms with Crippen molar-refractivity contribution in [1.82, 2.24) is 9.78 Å². The van der Waals surface area contributed by atoms with Crippen LogP contribution in [-0.2, 0) is 0 Å². The summed E-state index contributed by atoms with van der Waals surface area (Å²) >= 11 is 0. The van der Waals surface area contributed by atoms with Crippen LogP contribution in [0.15, 0.2) is 36.5 Å². The molecule has 0 N–H and O–H groups in total. The van der Waals surface area contributed by atoms with Gasteiger partial charge in [-0.3, -0.25) is 4.79 Å². The fourth-order valence-electron chi connectivity index (χ4n) is 1.47. The molecule has 1 heterocycles. The number of hydrogen-bond acceptors (Lipinski definition) is 3. The Labute approximate surface area is 99.8 Å². The van der Waals surface area contributed by atoms with Crippen LogP contribution in [-0.4, -0.2) is 22.3 Å². The third-order valence-electron chi connectivity index (χ3n) is 2.33. The lowest BCUT2D eigenvalue weighted by Gasteiger charge is -2.05. The van der Waals surface area contributed by atoms with Crippen LogP contribution >= 0.6 is 0 Å². The van der Waals surface area contributed by atoms with E-state index < -0.39 is 0 Å². The number of ether oxygens (including phenoxy) is 1. The Morgan fingerprint density at radius 1 is 1.35 bits per heavy atom. The molecule has 0 fully saturated rings. The molecule has 0 saturated carbocycles. The van der Waals surface area contributed by atoms with E-state index in [9.17, 15) is 4.79 Å². The van der Waals surface area contributed by atoms with Crippen molar-refractivity contribution in [3.8, 4) is 5.75 Å². The van der Waals surface area contributed by atoms with Gasteiger partial charge in [-0.05, 0) is 37.6 Å². The molecule has 2 rings (SSSR count). The van der Waals surface area contributed by atoms with E-state index in [0.29, 0.717) is 5.75 Å². The summed E-state index contributed by atoms with van der Waals surface area (Å²) in [4.78, 5) is 11.7. The lowest BCUT2D eigenvalue weighted by Crippen LogP contribution is -2.19. The molecule has 0 atom stereocenters. The molecule has 0 spiro atoms. The van der Waals surface area contributed by atoms with Crippen molar-refractivity contribution in [2.75, 3.05) is 6.61 Å². The van der Waals surface area contributed by atoms with E-state index in [1.807, 2.05) is 38.1 Å². The smallest absolute Gasteiger partial charge is 0.284 e. The van der Waals surface area contributed by atoms with Crippen LogP contribution < -0.4 is 4.74 Å². The second-order valence-electron chi connectivity index (χ2n) is 3.90. The number of aryl methyl sites for hydroxylation is 2. The zero-order valence-electron chi connectivity index (χ0n) is 9.88. The first kappa shape index (κ1) is 11.4. The number of aromatic nitrogens is 2. The number of nitrogens with zero attached hydrogens (tertiary/aromatic N) is 2. The van der Waals surface area contributed by atoms with Crippen molar-refractivity contribution in [1.29, 1.82) is 0 Å². The minimum atomic E-state index is -0.181. The van der Waals surface area contributed by atoms with Crippen molar-refractivity contribution in [2.24, 2.45) is 0 Å². The van der Waals surface area contributed by atoms with Crippen molar-refractivity contribution in [3.05, 3.63) is 47.8 Å². The Morgan fingerprint density at radius 2 is 2.18 bits per heavy atom. The first-order valence-corrected chi connectivity index (χ1v) is 5.40. The molecular formula is C13H14N2O2. The van der Waals surface area contributed by atoms with E-state index >= 15 is 0 Å². The van der Waals surface area contributed by atoms with Crippen LogP contribution in [0.2, 0.25) is 0 Å². The summed E-state index contributed by atoms with van der Waals surface area (Å²) in [6.07, 6.45) is 1.64. The molecular weight excluding hydrogens is 216 g/mol. The second kappa shape index (κ2) is 4.82. The summed E-state index contributed by atoms with van der Waals surface area (Å²) < 4.78 is 6.70. The van der Waals surface area contributed by atoms with Gasteiger partial charge in [-0.25, -0.2) is 4.68 Å². The molecule has 0 aliphatic rings. The predicted octanol–water partition coefficient (Wildman–Crippen LogP) is 2.22. The fraction of sp³-hybridized carbons (Fsp3) is 0.231. The third-order valence-corrected chi connectivity index (χ3v) is 2.33. The summed E-state index contributed by atoms with van der Waals surface area (Å²) in [6, 6.07) is 9.37. The van der Waals surface area contributed by atoms with E-state index in [2.05, 4.69) is 5.10 Å². The molecule has 0 unspecified atom stereocenters. The molecule has 4 heteroatoms. The molecule has 1 aromatic heterocycles. The van der Waals surface area contributed by atoms with Crippen molar-refractivity contribution in [3.63, 3.8) is 0 Å². The normalized spacial score (nSPS) is 10.2. The maximum absolute atomic E-state index is 11.7. The van der Waals surface area contributed by atoms with Gasteiger partial charge in [0.2, 0.25) is 0 Å². The summed E-state index contributed by atoms with van der Waals surface area (Å²) in [5.41, 5.74) is 1.92. The Balaban J connectivity index is 1.97. The minimum absolute atomic E-state index is 0.00935. The van der Waals surface area contributed by atoms with Crippen LogP contribution in [0, 0.1) is 13.8 Å². The Kier molecular flexibility index (Phi) is 3.23. The monoisotopic (exact) mass is 230 g/mol. The van der Waals surface area contributed by atoms with Gasteiger partial charge in [0.1, 0.15) is 5.75 Å². The molecule has 1 aromatic carbocycles. The van der Waals surface area contributed by atoms with Crippen molar-refractivity contribution < 1.29 is 9.53 Å². The van der Waals surface area contributed by atoms with Crippen molar-refractivity contribution in [2.45, 2.75) is 13.8 Å². The molecule has 17 heavy (non-hydrogen) atoms. The molecule has 2 aromatic rings. The van der Waals surface area contributed by atoms with E-state index in [4.69, 9.17) is 4.74 Å². The van der Waals surface area contributed by atoms with Gasteiger partial charge < -0.3 is 4.74 Å². The molecule has 0 aliphatic carbocycles. The van der Waals surface area contributed by atoms with Crippen LogP contribution in [0.4, 0.5) is 0 Å². The highest BCUT2D eigenvalue weighted by Gasteiger charge is 2.06. The Morgan fingerprint density at radius 3 is 2.82 bits per heavy atom. The van der Waals surface area contributed by atoms with Crippen LogP contribution in [0.1, 0.15) is 16.1 Å². The van der Waals surface area contributed by atoms with Gasteiger partial charge in [0, 0.05) is 6.20 Å². The van der Waals surface area contributed by atoms with Crippen molar-refractivity contribution >= 4 is 5.91 Å². The van der Waals surface area contributed by atoms with Gasteiger partial charge >= 0.3 is 0 Å². The zero-order chi connectivity index (χ0) is 12.3. The van der Waals surface area contributed by atoms with Gasteiger partial charge in [-0.1, -0.05) is 12.1 Å². The number of benzene rings is 1. The van der Waals surface area contributed by atoms with E-state index in [-0.39, 0.29) is 12.5 Å². The number of carbonyl (C=O) groups is 1. The van der Waals surface area contributed by atoms with Gasteiger partial charge in [0.15, 0.2) is 6.61 Å². The van der Waals surface area contributed by atoms with Gasteiger partial charge in [0.25, 0.3) is 5.91 Å². The van der Waals surface area contributed by atoms with Gasteiger partial charge in [-0.15, -0.1) is 0 Å². The number of rotatable bonds is 3. The second-order valence-corrected chi connectivity index (χ2v) is 3.90. The molecule has 0 aliphatic heterocycles. The standard InChI is InChI=1S/C13H14N2O2/c1-10-4-3-5-12(8-10)17-9-13(16)15-7-6-11(2)14-15/h3-8H,9H2,1-2H3. The third kappa shape index (κ3) is 2.93. The van der Waals surface area contributed by atoms with Gasteiger partial charge in [-0.2, -0.15) is 5.10 Å². The highest BCUT2D eigenvalue weighted by Crippen LogP contribution is 2.12. The molecule has 0 bridgehead atoms. The largest absolute Gasteiger partial charge is 0.484 e. The molecule has 0 radical (unpaired) electrons. The van der Waals surface area contributed by atoms with E-state index in [0.717, 1.165) is 11.3 Å². The lowest BCUT2D eigenvalue weighted by atomic mass is 10.2. The van der Waals surface area contributed by atoms with Crippen LogP contribution in [0.25, 0.3) is 0 Å². The SMILES string of the molecule is Cc1cccc(OCC(=O)n2ccc(C)n2)c1. The first-order valence-electron chi connectivity index (χ1n) is 5.40. The maximum atomic E-state index is 11.7. The Bertz CT molecular complexity index is 532. The highest BCUT2D eigenvalue weighted by molar-refractivity contribution is 5.79. The summed E-state index contributed by atoms with van der Waals surface area (Å²) in [5.74, 6) is 0.516. The average molecular weight is 230 g/mol. The summed E-state index contributed by atoms with van der Waals surface area (Å²) in [7, 11) is 0. The zero-order valence-corrected chi connectivity index (χ0v) is 9.88. The summed E-state index contributed by atoms with van der Waals surface area (Å²) in [5, 5.41) is 4.03. The molecule has 4 nitrogen and oxygen atoms in total. The maximum Gasteiger partial charge on any atom is 0.284 e. The van der Waals surface area contributed by atoms with E-state index in [1.165, 1.54) is 4.68 Å². The number of hydrogen-bond donors (Lipinski definition) is 0. The first-order chi connectivity index (χ1) is 8.15. The van der Waals surface area contributed by atoms with Crippen LogP contribution in [0.3, 0.4) is 0 Å². The number of carbonyl (C=O) groups excluding carboxylic acids is 1. The average Bonchev–Trinajstić information content (AvgIpc) is 2.73.